The van der Waals surface area contributed by atoms with Crippen LogP contribution in [-0.4, -0.2) is 49.0 Å². The molecule has 0 saturated heterocycles. The number of aryl methyl sites for hydroxylation is 1. The number of carbonyl (C=O) groups is 1. The van der Waals surface area contributed by atoms with E-state index in [0.717, 1.165) is 11.3 Å². The Kier molecular flexibility index (Phi) is 5.92. The molecule has 0 aliphatic carbocycles. The topological polar surface area (TPSA) is 96.2 Å². The van der Waals surface area contributed by atoms with Gasteiger partial charge in [0.1, 0.15) is 11.5 Å². The number of fused-ring (bicyclic) bond motifs is 1. The molecule has 31 heavy (non-hydrogen) atoms. The Balaban J connectivity index is 1.36. The summed E-state index contributed by atoms with van der Waals surface area (Å²) in [5.74, 6) is 3.37. The molecule has 162 valence electrons. The van der Waals surface area contributed by atoms with Gasteiger partial charge in [-0.15, -0.1) is 0 Å². The summed E-state index contributed by atoms with van der Waals surface area (Å²) >= 11 is 0. The zero-order chi connectivity index (χ0) is 21.8. The quantitative estimate of drug-likeness (QED) is 0.543. The molecule has 0 radical (unpaired) electrons. The molecule has 2 heterocycles. The highest BCUT2D eigenvalue weighted by Gasteiger charge is 2.18. The molecule has 2 aromatic carbocycles. The van der Waals surface area contributed by atoms with E-state index in [-0.39, 0.29) is 19.2 Å². The molecular weight excluding hydrogens is 402 g/mol. The number of methoxy groups -OCH3 is 2. The number of carbonyl (C=O) groups excluding carboxylic acids is 1. The van der Waals surface area contributed by atoms with Crippen molar-refractivity contribution in [3.63, 3.8) is 0 Å². The lowest BCUT2D eigenvalue weighted by Crippen LogP contribution is -2.26. The molecule has 9 nitrogen and oxygen atoms in total. The van der Waals surface area contributed by atoms with E-state index in [2.05, 4.69) is 10.1 Å². The van der Waals surface area contributed by atoms with Gasteiger partial charge in [-0.3, -0.25) is 4.79 Å². The predicted octanol–water partition coefficient (Wildman–Crippen LogP) is 3.07. The minimum Gasteiger partial charge on any atom is -0.497 e. The lowest BCUT2D eigenvalue weighted by Gasteiger charge is -2.14. The second-order valence-electron chi connectivity index (χ2n) is 7.02. The van der Waals surface area contributed by atoms with Gasteiger partial charge in [-0.2, -0.15) is 4.98 Å². The van der Waals surface area contributed by atoms with E-state index in [4.69, 9.17) is 23.5 Å². The number of rotatable bonds is 8. The Bertz CT molecular complexity index is 1080. The lowest BCUT2D eigenvalue weighted by atomic mass is 10.1. The van der Waals surface area contributed by atoms with Gasteiger partial charge in [-0.25, -0.2) is 0 Å². The smallest absolute Gasteiger partial charge is 0.246 e. The maximum Gasteiger partial charge on any atom is 0.246 e. The fourth-order valence-corrected chi connectivity index (χ4v) is 3.24. The summed E-state index contributed by atoms with van der Waals surface area (Å²) in [6, 6.07) is 11.0. The van der Waals surface area contributed by atoms with Gasteiger partial charge in [0.25, 0.3) is 0 Å². The first-order chi connectivity index (χ1) is 15.1. The molecule has 0 unspecified atom stereocenters. The molecule has 0 fully saturated rings. The predicted molar refractivity (Wildman–Crippen MR) is 110 cm³/mol. The Hall–Kier alpha value is -3.75. The third-order valence-corrected chi connectivity index (χ3v) is 4.98. The molecule has 3 aromatic rings. The molecule has 1 amide bonds. The first kappa shape index (κ1) is 20.5. The van der Waals surface area contributed by atoms with Crippen molar-refractivity contribution < 1.29 is 28.3 Å². The molecule has 1 aliphatic heterocycles. The van der Waals surface area contributed by atoms with E-state index >= 15 is 0 Å². The fraction of sp³-hybridized carbons (Fsp3) is 0.318. The number of hydrogen-bond donors (Lipinski definition) is 0. The second kappa shape index (κ2) is 8.95. The number of amides is 1. The zero-order valence-corrected chi connectivity index (χ0v) is 17.6. The van der Waals surface area contributed by atoms with Gasteiger partial charge >= 0.3 is 0 Å². The van der Waals surface area contributed by atoms with Crippen molar-refractivity contribution in [1.29, 1.82) is 0 Å². The van der Waals surface area contributed by atoms with Gasteiger partial charge < -0.3 is 28.4 Å². The maximum absolute atomic E-state index is 12.5. The highest BCUT2D eigenvalue weighted by atomic mass is 16.7. The van der Waals surface area contributed by atoms with Crippen molar-refractivity contribution in [1.82, 2.24) is 15.0 Å². The number of aromatic nitrogens is 2. The van der Waals surface area contributed by atoms with Crippen molar-refractivity contribution >= 4 is 5.91 Å². The molecule has 0 spiro atoms. The second-order valence-corrected chi connectivity index (χ2v) is 7.02. The van der Waals surface area contributed by atoms with Gasteiger partial charge in [-0.1, -0.05) is 11.2 Å². The Morgan fingerprint density at radius 3 is 2.74 bits per heavy atom. The molecular formula is C22H23N3O6. The number of ether oxygens (including phenoxy) is 4. The molecule has 0 bridgehead atoms. The zero-order valence-electron chi connectivity index (χ0n) is 17.6. The molecule has 0 saturated carbocycles. The minimum atomic E-state index is -0.0283. The standard InChI is InChI=1S/C22H23N3O6/c1-25(21(26)9-5-14-4-8-17-19(10-14)30-13-29-17)12-20-23-22(24-31-20)16-7-6-15(27-2)11-18(16)28-3/h4,6-8,10-11H,5,9,12-13H2,1-3H3. The maximum atomic E-state index is 12.5. The van der Waals surface area contributed by atoms with E-state index in [0.29, 0.717) is 47.4 Å². The van der Waals surface area contributed by atoms with Crippen molar-refractivity contribution in [3.05, 3.63) is 47.9 Å². The number of hydrogen-bond acceptors (Lipinski definition) is 8. The van der Waals surface area contributed by atoms with Crippen LogP contribution in [0.5, 0.6) is 23.0 Å². The van der Waals surface area contributed by atoms with Crippen LogP contribution in [0, 0.1) is 0 Å². The minimum absolute atomic E-state index is 0.0283. The van der Waals surface area contributed by atoms with Crippen LogP contribution in [0.1, 0.15) is 17.9 Å². The van der Waals surface area contributed by atoms with Crippen molar-refractivity contribution in [2.45, 2.75) is 19.4 Å². The van der Waals surface area contributed by atoms with Gasteiger partial charge in [0.2, 0.25) is 24.4 Å². The van der Waals surface area contributed by atoms with Crippen LogP contribution < -0.4 is 18.9 Å². The Morgan fingerprint density at radius 1 is 1.10 bits per heavy atom. The van der Waals surface area contributed by atoms with Crippen LogP contribution in [-0.2, 0) is 17.8 Å². The van der Waals surface area contributed by atoms with E-state index in [9.17, 15) is 4.79 Å². The van der Waals surface area contributed by atoms with Crippen LogP contribution in [0.3, 0.4) is 0 Å². The third kappa shape index (κ3) is 4.55. The Labute approximate surface area is 179 Å². The van der Waals surface area contributed by atoms with Crippen LogP contribution in [0.15, 0.2) is 40.9 Å². The first-order valence-corrected chi connectivity index (χ1v) is 9.75. The molecule has 1 aliphatic rings. The summed E-state index contributed by atoms with van der Waals surface area (Å²) in [6.07, 6.45) is 0.946. The largest absolute Gasteiger partial charge is 0.497 e. The average Bonchev–Trinajstić information content (AvgIpc) is 3.45. The normalized spacial score (nSPS) is 12.0. The SMILES string of the molecule is COc1ccc(-c2noc(CN(C)C(=O)CCc3ccc4c(c3)OCO4)n2)c(OC)c1. The molecule has 4 rings (SSSR count). The molecule has 0 N–H and O–H groups in total. The lowest BCUT2D eigenvalue weighted by molar-refractivity contribution is -0.130. The van der Waals surface area contributed by atoms with E-state index in [1.165, 1.54) is 0 Å². The van der Waals surface area contributed by atoms with Crippen molar-refractivity contribution in [3.8, 4) is 34.4 Å². The summed E-state index contributed by atoms with van der Waals surface area (Å²) < 4.78 is 26.6. The van der Waals surface area contributed by atoms with Crippen LogP contribution in [0.25, 0.3) is 11.4 Å². The fourth-order valence-electron chi connectivity index (χ4n) is 3.24. The summed E-state index contributed by atoms with van der Waals surface area (Å²) in [5, 5.41) is 4.02. The number of nitrogens with zero attached hydrogens (tertiary/aromatic N) is 3. The monoisotopic (exact) mass is 425 g/mol. The van der Waals surface area contributed by atoms with Gasteiger partial charge in [0, 0.05) is 19.5 Å². The summed E-state index contributed by atoms with van der Waals surface area (Å²) in [6.45, 7) is 0.445. The van der Waals surface area contributed by atoms with E-state index < -0.39 is 0 Å². The van der Waals surface area contributed by atoms with Gasteiger partial charge in [0.15, 0.2) is 11.5 Å². The highest BCUT2D eigenvalue weighted by Crippen LogP contribution is 2.33. The molecule has 9 heteroatoms. The van der Waals surface area contributed by atoms with Crippen molar-refractivity contribution in [2.75, 3.05) is 28.1 Å². The molecule has 1 aromatic heterocycles. The van der Waals surface area contributed by atoms with Gasteiger partial charge in [-0.05, 0) is 36.2 Å². The average molecular weight is 425 g/mol. The van der Waals surface area contributed by atoms with E-state index in [1.807, 2.05) is 18.2 Å². The van der Waals surface area contributed by atoms with Gasteiger partial charge in [0.05, 0.1) is 26.3 Å². The molecule has 0 atom stereocenters. The van der Waals surface area contributed by atoms with E-state index in [1.54, 1.807) is 44.4 Å². The Morgan fingerprint density at radius 2 is 1.94 bits per heavy atom. The van der Waals surface area contributed by atoms with Crippen LogP contribution in [0.2, 0.25) is 0 Å². The third-order valence-electron chi connectivity index (χ3n) is 4.98. The first-order valence-electron chi connectivity index (χ1n) is 9.75. The van der Waals surface area contributed by atoms with Crippen LogP contribution >= 0.6 is 0 Å². The van der Waals surface area contributed by atoms with Crippen molar-refractivity contribution in [2.24, 2.45) is 0 Å². The summed E-state index contributed by atoms with van der Waals surface area (Å²) in [5.41, 5.74) is 1.69. The number of benzene rings is 2. The highest BCUT2D eigenvalue weighted by molar-refractivity contribution is 5.76. The van der Waals surface area contributed by atoms with Crippen LogP contribution in [0.4, 0.5) is 0 Å². The summed E-state index contributed by atoms with van der Waals surface area (Å²) in [4.78, 5) is 18.5. The summed E-state index contributed by atoms with van der Waals surface area (Å²) in [7, 11) is 4.85.